The van der Waals surface area contributed by atoms with Gasteiger partial charge in [-0.25, -0.2) is 4.98 Å². The molecule has 1 saturated heterocycles. The van der Waals surface area contributed by atoms with Gasteiger partial charge in [0.25, 0.3) is 0 Å². The van der Waals surface area contributed by atoms with Gasteiger partial charge >= 0.3 is 0 Å². The lowest BCUT2D eigenvalue weighted by molar-refractivity contribution is 0.242. The van der Waals surface area contributed by atoms with Crippen LogP contribution in [0.15, 0.2) is 17.3 Å². The zero-order valence-corrected chi connectivity index (χ0v) is 12.6. The number of pyridine rings is 1. The molecule has 1 saturated carbocycles. The first-order valence-corrected chi connectivity index (χ1v) is 7.93. The van der Waals surface area contributed by atoms with Crippen LogP contribution in [0, 0.1) is 12.8 Å². The number of anilines is 1. The van der Waals surface area contributed by atoms with E-state index >= 15 is 0 Å². The molecule has 2 fully saturated rings. The summed E-state index contributed by atoms with van der Waals surface area (Å²) in [4.78, 5) is 7.12. The van der Waals surface area contributed by atoms with E-state index in [1.54, 1.807) is 0 Å². The highest BCUT2D eigenvalue weighted by molar-refractivity contribution is 6.01. The molecule has 114 valence electrons. The van der Waals surface area contributed by atoms with Crippen molar-refractivity contribution >= 4 is 11.7 Å². The Morgan fingerprint density at radius 3 is 2.86 bits per heavy atom. The van der Waals surface area contributed by atoms with Crippen LogP contribution in [-0.4, -0.2) is 28.6 Å². The van der Waals surface area contributed by atoms with Crippen LogP contribution < -0.4 is 10.6 Å². The van der Waals surface area contributed by atoms with Crippen molar-refractivity contribution in [3.05, 3.63) is 23.4 Å². The Bertz CT molecular complexity index is 541. The Labute approximate surface area is 125 Å². The Morgan fingerprint density at radius 1 is 1.29 bits per heavy atom. The molecule has 0 bridgehead atoms. The molecule has 2 heterocycles. The highest BCUT2D eigenvalue weighted by Gasteiger charge is 2.35. The van der Waals surface area contributed by atoms with E-state index in [4.69, 9.17) is 15.9 Å². The Balaban J connectivity index is 1.99. The maximum absolute atomic E-state index is 9.03. The van der Waals surface area contributed by atoms with Gasteiger partial charge in [-0.1, -0.05) is 18.0 Å². The maximum atomic E-state index is 9.03. The molecule has 5 nitrogen and oxygen atoms in total. The number of oxime groups is 1. The summed E-state index contributed by atoms with van der Waals surface area (Å²) in [6, 6.07) is 4.39. The van der Waals surface area contributed by atoms with Gasteiger partial charge in [0.2, 0.25) is 0 Å². The third-order valence-corrected chi connectivity index (χ3v) is 4.91. The van der Waals surface area contributed by atoms with E-state index in [-0.39, 0.29) is 5.84 Å². The summed E-state index contributed by atoms with van der Waals surface area (Å²) in [6.45, 7) is 3.01. The van der Waals surface area contributed by atoms with Gasteiger partial charge in [-0.3, -0.25) is 0 Å². The van der Waals surface area contributed by atoms with Crippen molar-refractivity contribution < 1.29 is 5.21 Å². The third-order valence-electron chi connectivity index (χ3n) is 4.91. The number of rotatable bonds is 2. The lowest BCUT2D eigenvalue weighted by Crippen LogP contribution is -2.48. The molecule has 0 amide bonds. The third kappa shape index (κ3) is 2.69. The van der Waals surface area contributed by atoms with Crippen molar-refractivity contribution in [3.63, 3.8) is 0 Å². The number of hydrogen-bond donors (Lipinski definition) is 2. The molecule has 2 atom stereocenters. The largest absolute Gasteiger partial charge is 0.409 e. The number of amidine groups is 1. The van der Waals surface area contributed by atoms with Crippen LogP contribution in [0.5, 0.6) is 0 Å². The fraction of sp³-hybridized carbons (Fsp3) is 0.625. The molecule has 3 N–H and O–H groups in total. The van der Waals surface area contributed by atoms with Crippen molar-refractivity contribution in [2.45, 2.75) is 51.5 Å². The summed E-state index contributed by atoms with van der Waals surface area (Å²) in [5.74, 6) is 1.81. The Kier molecular flexibility index (Phi) is 3.99. The van der Waals surface area contributed by atoms with Gasteiger partial charge in [-0.15, -0.1) is 0 Å². The van der Waals surface area contributed by atoms with Gasteiger partial charge in [0.15, 0.2) is 5.84 Å². The Morgan fingerprint density at radius 2 is 2.05 bits per heavy atom. The van der Waals surface area contributed by atoms with Crippen LogP contribution in [0.4, 0.5) is 5.82 Å². The molecule has 1 aromatic rings. The number of piperidine rings is 1. The first-order valence-electron chi connectivity index (χ1n) is 7.93. The average Bonchev–Trinajstić information content (AvgIpc) is 2.53. The van der Waals surface area contributed by atoms with Crippen molar-refractivity contribution in [3.8, 4) is 0 Å². The minimum absolute atomic E-state index is 0.149. The number of fused-ring (bicyclic) bond motifs is 1. The van der Waals surface area contributed by atoms with E-state index < -0.39 is 0 Å². The second-order valence-electron chi connectivity index (χ2n) is 6.26. The molecular weight excluding hydrogens is 264 g/mol. The molecule has 5 heteroatoms. The zero-order valence-electron chi connectivity index (χ0n) is 12.6. The molecule has 2 aliphatic rings. The second-order valence-corrected chi connectivity index (χ2v) is 6.26. The van der Waals surface area contributed by atoms with Gasteiger partial charge in [-0.05, 0) is 50.7 Å². The summed E-state index contributed by atoms with van der Waals surface area (Å²) in [5.41, 5.74) is 7.57. The standard InChI is InChI=1S/C16H24N4O/c1-11-8-9-13(15(17)19-21)16(18-11)20-10-4-6-12-5-2-3-7-14(12)20/h8-9,12,14,21H,2-7,10H2,1H3,(H2,17,19)/t12-,14-/m1/s1. The van der Waals surface area contributed by atoms with Crippen molar-refractivity contribution in [1.29, 1.82) is 0 Å². The van der Waals surface area contributed by atoms with Crippen LogP contribution in [0.2, 0.25) is 0 Å². The van der Waals surface area contributed by atoms with E-state index in [1.807, 2.05) is 19.1 Å². The quantitative estimate of drug-likeness (QED) is 0.380. The summed E-state index contributed by atoms with van der Waals surface area (Å²) in [7, 11) is 0. The molecule has 21 heavy (non-hydrogen) atoms. The fourth-order valence-corrected chi connectivity index (χ4v) is 3.90. The van der Waals surface area contributed by atoms with Crippen LogP contribution in [0.1, 0.15) is 49.8 Å². The topological polar surface area (TPSA) is 74.7 Å². The van der Waals surface area contributed by atoms with Crippen molar-refractivity contribution in [2.24, 2.45) is 16.8 Å². The summed E-state index contributed by atoms with van der Waals surface area (Å²) < 4.78 is 0. The molecule has 0 unspecified atom stereocenters. The summed E-state index contributed by atoms with van der Waals surface area (Å²) in [6.07, 6.45) is 7.73. The molecule has 0 radical (unpaired) electrons. The number of nitrogens with two attached hydrogens (primary N) is 1. The number of hydrogen-bond acceptors (Lipinski definition) is 4. The SMILES string of the molecule is Cc1ccc(/C(N)=N/O)c(N2CCC[C@H]3CCCC[C@H]32)n1. The number of aromatic nitrogens is 1. The minimum Gasteiger partial charge on any atom is -0.409 e. The second kappa shape index (κ2) is 5.92. The fourth-order valence-electron chi connectivity index (χ4n) is 3.90. The molecular formula is C16H24N4O. The molecule has 0 spiro atoms. The summed E-state index contributed by atoms with van der Waals surface area (Å²) >= 11 is 0. The van der Waals surface area contributed by atoms with Crippen molar-refractivity contribution in [2.75, 3.05) is 11.4 Å². The lowest BCUT2D eigenvalue weighted by atomic mass is 9.78. The van der Waals surface area contributed by atoms with E-state index in [0.717, 1.165) is 29.5 Å². The predicted molar refractivity (Wildman–Crippen MR) is 83.8 cm³/mol. The average molecular weight is 288 g/mol. The monoisotopic (exact) mass is 288 g/mol. The molecule has 0 aromatic carbocycles. The molecule has 1 aliphatic heterocycles. The van der Waals surface area contributed by atoms with Gasteiger partial charge in [0.1, 0.15) is 5.82 Å². The van der Waals surface area contributed by atoms with Gasteiger partial charge in [-0.2, -0.15) is 0 Å². The maximum Gasteiger partial charge on any atom is 0.173 e. The molecule has 1 aliphatic carbocycles. The minimum atomic E-state index is 0.149. The van der Waals surface area contributed by atoms with E-state index in [1.165, 1.54) is 38.5 Å². The zero-order chi connectivity index (χ0) is 14.8. The Hall–Kier alpha value is -1.78. The first kappa shape index (κ1) is 14.2. The predicted octanol–water partition coefficient (Wildman–Crippen LogP) is 2.64. The first-order chi connectivity index (χ1) is 10.2. The van der Waals surface area contributed by atoms with E-state index in [0.29, 0.717) is 6.04 Å². The smallest absolute Gasteiger partial charge is 0.173 e. The van der Waals surface area contributed by atoms with E-state index in [2.05, 4.69) is 10.1 Å². The lowest BCUT2D eigenvalue weighted by Gasteiger charge is -2.45. The van der Waals surface area contributed by atoms with Crippen LogP contribution in [0.25, 0.3) is 0 Å². The normalized spacial score (nSPS) is 26.5. The summed E-state index contributed by atoms with van der Waals surface area (Å²) in [5, 5.41) is 12.2. The van der Waals surface area contributed by atoms with Gasteiger partial charge in [0.05, 0.1) is 5.56 Å². The number of aryl methyl sites for hydroxylation is 1. The molecule has 3 rings (SSSR count). The van der Waals surface area contributed by atoms with Gasteiger partial charge < -0.3 is 15.8 Å². The highest BCUT2D eigenvalue weighted by Crippen LogP contribution is 2.38. The van der Waals surface area contributed by atoms with Gasteiger partial charge in [0, 0.05) is 18.3 Å². The van der Waals surface area contributed by atoms with Crippen LogP contribution in [0.3, 0.4) is 0 Å². The molecule has 1 aromatic heterocycles. The van der Waals surface area contributed by atoms with Crippen LogP contribution in [-0.2, 0) is 0 Å². The van der Waals surface area contributed by atoms with Crippen molar-refractivity contribution in [1.82, 2.24) is 4.98 Å². The van der Waals surface area contributed by atoms with Crippen LogP contribution >= 0.6 is 0 Å². The highest BCUT2D eigenvalue weighted by atomic mass is 16.4. The number of nitrogens with zero attached hydrogens (tertiary/aromatic N) is 3. The van der Waals surface area contributed by atoms with E-state index in [9.17, 15) is 0 Å².